The zero-order valence-electron chi connectivity index (χ0n) is 7.37. The molecule has 0 aliphatic rings. The molecule has 0 aliphatic carbocycles. The zero-order valence-corrected chi connectivity index (χ0v) is 7.37. The van der Waals surface area contributed by atoms with Crippen molar-refractivity contribution in [3.63, 3.8) is 0 Å². The van der Waals surface area contributed by atoms with Crippen molar-refractivity contribution in [2.45, 2.75) is 0 Å². The summed E-state index contributed by atoms with van der Waals surface area (Å²) in [5.74, 6) is 0.0830. The number of anilines is 1. The summed E-state index contributed by atoms with van der Waals surface area (Å²) >= 11 is 0. The Hall–Kier alpha value is -1.58. The van der Waals surface area contributed by atoms with Gasteiger partial charge in [-0.2, -0.15) is 4.98 Å². The van der Waals surface area contributed by atoms with Gasteiger partial charge in [-0.15, -0.1) is 0 Å². The molecule has 0 bridgehead atoms. The van der Waals surface area contributed by atoms with Gasteiger partial charge in [0.15, 0.2) is 11.2 Å². The Labute approximate surface area is 89.5 Å². The van der Waals surface area contributed by atoms with Gasteiger partial charge < -0.3 is 4.98 Å². The Morgan fingerprint density at radius 2 is 2.29 bits per heavy atom. The van der Waals surface area contributed by atoms with Gasteiger partial charge in [-0.1, -0.05) is 0 Å². The van der Waals surface area contributed by atoms with E-state index in [9.17, 15) is 9.59 Å². The third-order valence-corrected chi connectivity index (χ3v) is 1.49. The first-order valence-corrected chi connectivity index (χ1v) is 3.45. The van der Waals surface area contributed by atoms with Crippen LogP contribution in [0.2, 0.25) is 0 Å². The number of nitrogens with one attached hydrogen (secondary N) is 3. The summed E-state index contributed by atoms with van der Waals surface area (Å²) in [5, 5.41) is 2.23. The summed E-state index contributed by atoms with van der Waals surface area (Å²) in [7, 11) is 0. The van der Waals surface area contributed by atoms with E-state index in [1.54, 1.807) is 0 Å². The number of carbonyl (C=O) groups excluding carboxylic acids is 1. The average molecular weight is 186 g/mol. The van der Waals surface area contributed by atoms with Gasteiger partial charge in [-0.25, -0.2) is 4.98 Å². The minimum absolute atomic E-state index is 0. The number of rotatable bonds is 2. The number of fused-ring (bicyclic) bond motifs is 1. The predicted octanol–water partition coefficient (Wildman–Crippen LogP) is -1.17. The van der Waals surface area contributed by atoms with Crippen LogP contribution in [0.5, 0.6) is 0 Å². The molecule has 0 spiro atoms. The monoisotopic (exact) mass is 186 g/mol. The first-order chi connectivity index (χ1) is 6.31. The van der Waals surface area contributed by atoms with Gasteiger partial charge in [0.05, 0.1) is 6.33 Å². The van der Waals surface area contributed by atoms with Crippen molar-refractivity contribution >= 4 is 42.4 Å². The molecule has 0 unspecified atom stereocenters. The first kappa shape index (κ1) is 10.5. The largest absolute Gasteiger partial charge is 0.339 e. The number of hydrogen-bond acceptors (Lipinski definition) is 4. The number of aromatic amines is 2. The third kappa shape index (κ3) is 1.68. The zero-order chi connectivity index (χ0) is 9.26. The van der Waals surface area contributed by atoms with Crippen molar-refractivity contribution in [1.29, 1.82) is 0 Å². The van der Waals surface area contributed by atoms with Gasteiger partial charge >= 0.3 is 0 Å². The van der Waals surface area contributed by atoms with E-state index in [1.165, 1.54) is 6.33 Å². The minimum Gasteiger partial charge on any atom is -0.339 e. The van der Waals surface area contributed by atoms with E-state index >= 15 is 0 Å². The normalized spacial score (nSPS) is 9.43. The molecule has 2 heterocycles. The van der Waals surface area contributed by atoms with Gasteiger partial charge in [0.1, 0.15) is 0 Å². The van der Waals surface area contributed by atoms with Crippen LogP contribution in [0.15, 0.2) is 11.1 Å². The Balaban J connectivity index is 0.000000980. The van der Waals surface area contributed by atoms with E-state index in [0.29, 0.717) is 6.41 Å². The summed E-state index contributed by atoms with van der Waals surface area (Å²) in [4.78, 5) is 33.9. The number of hydrogen-bond donors (Lipinski definition) is 3. The quantitative estimate of drug-likeness (QED) is 0.406. The number of carbonyl (C=O) groups is 1. The Bertz CT molecular complexity index is 504. The van der Waals surface area contributed by atoms with E-state index < -0.39 is 0 Å². The van der Waals surface area contributed by atoms with E-state index in [2.05, 4.69) is 25.3 Å². The maximum absolute atomic E-state index is 11.2. The molecule has 1 amide bonds. The van der Waals surface area contributed by atoms with Crippen LogP contribution in [0.25, 0.3) is 11.2 Å². The summed E-state index contributed by atoms with van der Waals surface area (Å²) in [6, 6.07) is 0. The number of aromatic nitrogens is 4. The molecule has 7 nitrogen and oxygen atoms in total. The molecule has 8 heteroatoms. The standard InChI is InChI=1S/C6H5N5O2.Li/c12-2-9-6-10-4-3(5(13)11-6)7-1-8-4;/h1-2H,(H3,7,8,9,10,11,12,13);. The summed E-state index contributed by atoms with van der Waals surface area (Å²) in [6.07, 6.45) is 1.79. The molecule has 0 saturated carbocycles. The molecule has 0 fully saturated rings. The molecule has 2 rings (SSSR count). The molecule has 3 N–H and O–H groups in total. The fourth-order valence-corrected chi connectivity index (χ4v) is 0.967. The van der Waals surface area contributed by atoms with Crippen molar-refractivity contribution in [1.82, 2.24) is 19.9 Å². The third-order valence-electron chi connectivity index (χ3n) is 1.49. The van der Waals surface area contributed by atoms with Crippen molar-refractivity contribution in [3.8, 4) is 0 Å². The van der Waals surface area contributed by atoms with Crippen LogP contribution < -0.4 is 10.9 Å². The van der Waals surface area contributed by atoms with Crippen molar-refractivity contribution < 1.29 is 4.79 Å². The molecular formula is C6H5LiN5O2. The van der Waals surface area contributed by atoms with Gasteiger partial charge in [-0.05, 0) is 0 Å². The van der Waals surface area contributed by atoms with Crippen LogP contribution in [0.1, 0.15) is 0 Å². The van der Waals surface area contributed by atoms with Gasteiger partial charge in [0.25, 0.3) is 5.56 Å². The topological polar surface area (TPSA) is 104 Å². The smallest absolute Gasteiger partial charge is 0.278 e. The van der Waals surface area contributed by atoms with Crippen LogP contribution in [-0.2, 0) is 4.79 Å². The predicted molar refractivity (Wildman–Crippen MR) is 50.0 cm³/mol. The van der Waals surface area contributed by atoms with E-state index in [4.69, 9.17) is 0 Å². The number of imidazole rings is 1. The second-order valence-corrected chi connectivity index (χ2v) is 2.28. The maximum atomic E-state index is 11.2. The number of amides is 1. The van der Waals surface area contributed by atoms with Crippen LogP contribution in [-0.4, -0.2) is 45.2 Å². The van der Waals surface area contributed by atoms with Gasteiger partial charge in [-0.3, -0.25) is 19.9 Å². The van der Waals surface area contributed by atoms with Crippen molar-refractivity contribution in [2.75, 3.05) is 5.32 Å². The Morgan fingerprint density at radius 3 is 3.00 bits per heavy atom. The number of H-pyrrole nitrogens is 2. The fourth-order valence-electron chi connectivity index (χ4n) is 0.967. The molecule has 1 radical (unpaired) electrons. The molecule has 14 heavy (non-hydrogen) atoms. The molecule has 0 saturated heterocycles. The second-order valence-electron chi connectivity index (χ2n) is 2.28. The van der Waals surface area contributed by atoms with Gasteiger partial charge in [0.2, 0.25) is 12.4 Å². The fraction of sp³-hybridized carbons (Fsp3) is 0. The first-order valence-electron chi connectivity index (χ1n) is 3.45. The van der Waals surface area contributed by atoms with Crippen molar-refractivity contribution in [3.05, 3.63) is 16.7 Å². The van der Waals surface area contributed by atoms with Crippen molar-refractivity contribution in [2.24, 2.45) is 0 Å². The average Bonchev–Trinajstić information content (AvgIpc) is 2.53. The van der Waals surface area contributed by atoms with E-state index in [0.717, 1.165) is 0 Å². The second kappa shape index (κ2) is 4.08. The summed E-state index contributed by atoms with van der Waals surface area (Å²) in [5.41, 5.74) is 0.191. The molecule has 2 aromatic heterocycles. The minimum atomic E-state index is -0.369. The molecule has 0 atom stereocenters. The molecular weight excluding hydrogens is 181 g/mol. The molecule has 0 aromatic carbocycles. The molecule has 0 aliphatic heterocycles. The summed E-state index contributed by atoms with van der Waals surface area (Å²) in [6.45, 7) is 0. The van der Waals surface area contributed by atoms with E-state index in [1.807, 2.05) is 0 Å². The van der Waals surface area contributed by atoms with Crippen LogP contribution in [0.3, 0.4) is 0 Å². The van der Waals surface area contributed by atoms with Gasteiger partial charge in [0, 0.05) is 18.9 Å². The molecule has 67 valence electrons. The Morgan fingerprint density at radius 1 is 1.50 bits per heavy atom. The molecule has 2 aromatic rings. The maximum Gasteiger partial charge on any atom is 0.278 e. The van der Waals surface area contributed by atoms with Crippen LogP contribution in [0.4, 0.5) is 5.95 Å². The SMILES string of the molecule is O=CNc1nc2nc[nH]c2c(=O)[nH]1.[Li]. The van der Waals surface area contributed by atoms with Crippen LogP contribution >= 0.6 is 0 Å². The van der Waals surface area contributed by atoms with Crippen LogP contribution in [0, 0.1) is 0 Å². The van der Waals surface area contributed by atoms with E-state index in [-0.39, 0.29) is 41.5 Å². The summed E-state index contributed by atoms with van der Waals surface area (Å²) < 4.78 is 0. The Kier molecular flexibility index (Phi) is 3.06. The number of nitrogens with zero attached hydrogens (tertiary/aromatic N) is 2.